The minimum Gasteiger partial charge on any atom is -0.359 e. The maximum Gasteiger partial charge on any atom is 0.155 e. The van der Waals surface area contributed by atoms with Gasteiger partial charge in [-0.3, -0.25) is 5.73 Å². The smallest absolute Gasteiger partial charge is 0.155 e. The molecule has 0 amide bonds. The van der Waals surface area contributed by atoms with Crippen molar-refractivity contribution in [1.82, 2.24) is 0 Å². The third-order valence-corrected chi connectivity index (χ3v) is 2.02. The van der Waals surface area contributed by atoms with Crippen LogP contribution >= 0.6 is 11.6 Å². The van der Waals surface area contributed by atoms with Crippen LogP contribution in [0.3, 0.4) is 0 Å². The lowest BCUT2D eigenvalue weighted by atomic mass is 10.1. The van der Waals surface area contributed by atoms with Crippen molar-refractivity contribution in [2.24, 2.45) is 5.73 Å². The maximum atomic E-state index is 5.84. The van der Waals surface area contributed by atoms with Gasteiger partial charge in [0.15, 0.2) is 5.72 Å². The van der Waals surface area contributed by atoms with Crippen LogP contribution in [-0.2, 0) is 4.74 Å². The van der Waals surface area contributed by atoms with Gasteiger partial charge in [-0.25, -0.2) is 0 Å². The molecule has 0 aromatic carbocycles. The van der Waals surface area contributed by atoms with E-state index >= 15 is 0 Å². The molecule has 56 valence electrons. The van der Waals surface area contributed by atoms with Gasteiger partial charge in [0.25, 0.3) is 0 Å². The molecule has 0 heterocycles. The first-order valence-electron chi connectivity index (χ1n) is 3.03. The van der Waals surface area contributed by atoms with Crippen molar-refractivity contribution < 1.29 is 4.74 Å². The van der Waals surface area contributed by atoms with E-state index in [1.165, 1.54) is 0 Å². The largest absolute Gasteiger partial charge is 0.359 e. The van der Waals surface area contributed by atoms with E-state index < -0.39 is 5.72 Å². The molecule has 2 nitrogen and oxygen atoms in total. The maximum absolute atomic E-state index is 5.84. The van der Waals surface area contributed by atoms with Gasteiger partial charge in [0.2, 0.25) is 0 Å². The zero-order valence-electron chi connectivity index (χ0n) is 5.75. The fraction of sp³-hybridized carbons (Fsp3) is 0.429. The first-order chi connectivity index (χ1) is 4.69. The van der Waals surface area contributed by atoms with Crippen LogP contribution in [0.25, 0.3) is 0 Å². The third kappa shape index (κ3) is 1.24. The molecule has 0 fully saturated rings. The second-order valence-corrected chi connectivity index (χ2v) is 2.67. The van der Waals surface area contributed by atoms with E-state index in [0.717, 1.165) is 0 Å². The van der Waals surface area contributed by atoms with Crippen LogP contribution in [0.1, 0.15) is 0 Å². The molecular formula is C7H10ClNO. The lowest BCUT2D eigenvalue weighted by molar-refractivity contribution is 0.0425. The van der Waals surface area contributed by atoms with Crippen LogP contribution in [0.4, 0.5) is 0 Å². The summed E-state index contributed by atoms with van der Waals surface area (Å²) in [5, 5.41) is -0.275. The van der Waals surface area contributed by atoms with E-state index in [1.54, 1.807) is 19.3 Å². The topological polar surface area (TPSA) is 35.2 Å². The summed E-state index contributed by atoms with van der Waals surface area (Å²) < 4.78 is 5.00. The predicted molar refractivity (Wildman–Crippen MR) is 41.8 cm³/mol. The van der Waals surface area contributed by atoms with Gasteiger partial charge >= 0.3 is 0 Å². The molecular weight excluding hydrogens is 150 g/mol. The summed E-state index contributed by atoms with van der Waals surface area (Å²) in [5.41, 5.74) is 4.89. The minimum absolute atomic E-state index is 0.275. The van der Waals surface area contributed by atoms with Crippen molar-refractivity contribution in [2.75, 3.05) is 7.11 Å². The average molecular weight is 160 g/mol. The molecule has 1 aliphatic rings. The lowest BCUT2D eigenvalue weighted by Gasteiger charge is -2.28. The molecule has 2 N–H and O–H groups in total. The molecule has 0 aromatic rings. The van der Waals surface area contributed by atoms with Gasteiger partial charge in [-0.2, -0.15) is 0 Å². The summed E-state index contributed by atoms with van der Waals surface area (Å²) in [7, 11) is 1.54. The number of halogens is 1. The summed E-state index contributed by atoms with van der Waals surface area (Å²) in [6.07, 6.45) is 7.21. The Kier molecular flexibility index (Phi) is 2.14. The van der Waals surface area contributed by atoms with Crippen LogP contribution in [0.2, 0.25) is 0 Å². The average Bonchev–Trinajstić information content (AvgIpc) is 1.96. The van der Waals surface area contributed by atoms with Gasteiger partial charge in [0.1, 0.15) is 0 Å². The quantitative estimate of drug-likeness (QED) is 0.458. The standard InChI is InChI=1S/C7H10ClNO/c1-10-7(9)5-3-2-4-6(7)8/h2-6H,9H2,1H3. The fourth-order valence-electron chi connectivity index (χ4n) is 0.791. The van der Waals surface area contributed by atoms with Gasteiger partial charge in [-0.05, 0) is 6.08 Å². The first-order valence-corrected chi connectivity index (χ1v) is 3.47. The molecule has 1 rings (SSSR count). The van der Waals surface area contributed by atoms with Gasteiger partial charge in [-0.1, -0.05) is 18.2 Å². The van der Waals surface area contributed by atoms with Gasteiger partial charge < -0.3 is 4.74 Å². The van der Waals surface area contributed by atoms with Crippen LogP contribution in [-0.4, -0.2) is 18.2 Å². The molecule has 0 aromatic heterocycles. The second kappa shape index (κ2) is 2.74. The normalized spacial score (nSPS) is 38.5. The minimum atomic E-state index is -0.823. The Hall–Kier alpha value is -0.310. The number of hydrogen-bond acceptors (Lipinski definition) is 2. The number of nitrogens with two attached hydrogens (primary N) is 1. The number of hydrogen-bond donors (Lipinski definition) is 1. The zero-order chi connectivity index (χ0) is 7.61. The number of ether oxygens (including phenoxy) is 1. The van der Waals surface area contributed by atoms with Crippen LogP contribution in [0, 0.1) is 0 Å². The summed E-state index contributed by atoms with van der Waals surface area (Å²) in [6.45, 7) is 0. The van der Waals surface area contributed by atoms with Crippen molar-refractivity contribution in [3.05, 3.63) is 24.3 Å². The van der Waals surface area contributed by atoms with Gasteiger partial charge in [0, 0.05) is 7.11 Å². The van der Waals surface area contributed by atoms with Crippen molar-refractivity contribution in [1.29, 1.82) is 0 Å². The third-order valence-electron chi connectivity index (χ3n) is 1.53. The molecule has 10 heavy (non-hydrogen) atoms. The van der Waals surface area contributed by atoms with E-state index in [2.05, 4.69) is 0 Å². The van der Waals surface area contributed by atoms with Crippen molar-refractivity contribution >= 4 is 11.6 Å². The molecule has 0 aliphatic heterocycles. The predicted octanol–water partition coefficient (Wildman–Crippen LogP) is 1.02. The fourth-order valence-corrected chi connectivity index (χ4v) is 1.04. The lowest BCUT2D eigenvalue weighted by Crippen LogP contribution is -2.48. The molecule has 0 saturated carbocycles. The highest BCUT2D eigenvalue weighted by atomic mass is 35.5. The van der Waals surface area contributed by atoms with E-state index in [4.69, 9.17) is 22.1 Å². The van der Waals surface area contributed by atoms with Crippen LogP contribution in [0.15, 0.2) is 24.3 Å². The van der Waals surface area contributed by atoms with Gasteiger partial charge in [0.05, 0.1) is 5.38 Å². The Morgan fingerprint density at radius 1 is 1.60 bits per heavy atom. The molecule has 0 bridgehead atoms. The van der Waals surface area contributed by atoms with E-state index in [-0.39, 0.29) is 5.38 Å². The highest BCUT2D eigenvalue weighted by Crippen LogP contribution is 2.20. The molecule has 2 unspecified atom stereocenters. The molecule has 3 heteroatoms. The van der Waals surface area contributed by atoms with E-state index in [9.17, 15) is 0 Å². The van der Waals surface area contributed by atoms with Crippen molar-refractivity contribution in [3.63, 3.8) is 0 Å². The van der Waals surface area contributed by atoms with Crippen molar-refractivity contribution in [2.45, 2.75) is 11.1 Å². The summed E-state index contributed by atoms with van der Waals surface area (Å²) in [4.78, 5) is 0. The Labute approximate surface area is 65.3 Å². The number of rotatable bonds is 1. The van der Waals surface area contributed by atoms with Crippen molar-refractivity contribution in [3.8, 4) is 0 Å². The molecule has 1 aliphatic carbocycles. The van der Waals surface area contributed by atoms with E-state index in [1.807, 2.05) is 12.2 Å². The number of methoxy groups -OCH3 is 1. The Morgan fingerprint density at radius 2 is 2.30 bits per heavy atom. The summed E-state index contributed by atoms with van der Waals surface area (Å²) >= 11 is 5.84. The summed E-state index contributed by atoms with van der Waals surface area (Å²) in [6, 6.07) is 0. The Balaban J connectivity index is 2.77. The van der Waals surface area contributed by atoms with Crippen LogP contribution in [0.5, 0.6) is 0 Å². The zero-order valence-corrected chi connectivity index (χ0v) is 6.51. The SMILES string of the molecule is COC1(N)C=CC=CC1Cl. The summed E-state index contributed by atoms with van der Waals surface area (Å²) in [5.74, 6) is 0. The second-order valence-electron chi connectivity index (χ2n) is 2.20. The highest BCUT2D eigenvalue weighted by molar-refractivity contribution is 6.22. The highest BCUT2D eigenvalue weighted by Gasteiger charge is 2.30. The molecule has 0 saturated heterocycles. The monoisotopic (exact) mass is 159 g/mol. The Morgan fingerprint density at radius 3 is 2.70 bits per heavy atom. The molecule has 0 spiro atoms. The van der Waals surface area contributed by atoms with E-state index in [0.29, 0.717) is 0 Å². The van der Waals surface area contributed by atoms with Crippen LogP contribution < -0.4 is 5.73 Å². The first kappa shape index (κ1) is 7.79. The number of alkyl halides is 1. The molecule has 0 radical (unpaired) electrons. The number of allylic oxidation sites excluding steroid dienone is 2. The van der Waals surface area contributed by atoms with Gasteiger partial charge in [-0.15, -0.1) is 11.6 Å². The Bertz CT molecular complexity index is 178. The molecule has 2 atom stereocenters.